The van der Waals surface area contributed by atoms with E-state index in [1.54, 1.807) is 17.0 Å². The zero-order valence-corrected chi connectivity index (χ0v) is 16.2. The van der Waals surface area contributed by atoms with Gasteiger partial charge in [0.2, 0.25) is 5.91 Å². The number of halogens is 1. The zero-order valence-electron chi connectivity index (χ0n) is 15.3. The second kappa shape index (κ2) is 8.21. The van der Waals surface area contributed by atoms with Crippen LogP contribution in [0.1, 0.15) is 42.1 Å². The summed E-state index contributed by atoms with van der Waals surface area (Å²) in [5, 5.41) is -0.900. The lowest BCUT2D eigenvalue weighted by Crippen LogP contribution is -2.34. The molecule has 6 heteroatoms. The summed E-state index contributed by atoms with van der Waals surface area (Å²) in [5.41, 5.74) is 1.28. The highest BCUT2D eigenvalue weighted by atomic mass is 32.2. The molecule has 1 aliphatic rings. The minimum absolute atomic E-state index is 0.0564. The molecule has 1 amide bonds. The highest BCUT2D eigenvalue weighted by Crippen LogP contribution is 2.31. The van der Waals surface area contributed by atoms with E-state index >= 15 is 0 Å². The van der Waals surface area contributed by atoms with Gasteiger partial charge in [0, 0.05) is 25.1 Å². The van der Waals surface area contributed by atoms with Crippen molar-refractivity contribution >= 4 is 15.7 Å². The molecule has 0 N–H and O–H groups in total. The summed E-state index contributed by atoms with van der Waals surface area (Å²) in [6.45, 7) is 2.47. The molecule has 0 saturated carbocycles. The van der Waals surface area contributed by atoms with Gasteiger partial charge in [0.1, 0.15) is 5.82 Å². The third-order valence-electron chi connectivity index (χ3n) is 5.19. The van der Waals surface area contributed by atoms with Gasteiger partial charge >= 0.3 is 0 Å². The van der Waals surface area contributed by atoms with Crippen molar-refractivity contribution < 1.29 is 17.6 Å². The molecule has 27 heavy (non-hydrogen) atoms. The van der Waals surface area contributed by atoms with Gasteiger partial charge in [-0.2, -0.15) is 0 Å². The van der Waals surface area contributed by atoms with Crippen LogP contribution in [-0.4, -0.2) is 38.1 Å². The number of hydrogen-bond acceptors (Lipinski definition) is 3. The molecule has 0 bridgehead atoms. The van der Waals surface area contributed by atoms with Crippen molar-refractivity contribution in [3.8, 4) is 0 Å². The fourth-order valence-electron chi connectivity index (χ4n) is 3.57. The van der Waals surface area contributed by atoms with Crippen molar-refractivity contribution in [3.63, 3.8) is 0 Å². The summed E-state index contributed by atoms with van der Waals surface area (Å²) in [6, 6.07) is 15.8. The van der Waals surface area contributed by atoms with Gasteiger partial charge in [-0.25, -0.2) is 12.8 Å². The van der Waals surface area contributed by atoms with E-state index in [1.807, 2.05) is 37.3 Å². The van der Waals surface area contributed by atoms with Gasteiger partial charge in [0.25, 0.3) is 0 Å². The molecule has 1 fully saturated rings. The fourth-order valence-corrected chi connectivity index (χ4v) is 5.37. The Morgan fingerprint density at radius 1 is 1.11 bits per heavy atom. The van der Waals surface area contributed by atoms with Crippen molar-refractivity contribution in [2.45, 2.75) is 30.9 Å². The second-order valence-corrected chi connectivity index (χ2v) is 9.37. The van der Waals surface area contributed by atoms with Crippen LogP contribution in [0.3, 0.4) is 0 Å². The summed E-state index contributed by atoms with van der Waals surface area (Å²) in [6.07, 6.45) is 0.545. The molecule has 3 rings (SSSR count). The van der Waals surface area contributed by atoms with Crippen LogP contribution in [0.5, 0.6) is 0 Å². The van der Waals surface area contributed by atoms with E-state index in [9.17, 15) is 17.6 Å². The third-order valence-corrected chi connectivity index (χ3v) is 7.30. The Morgan fingerprint density at radius 2 is 1.78 bits per heavy atom. The predicted molar refractivity (Wildman–Crippen MR) is 104 cm³/mol. The lowest BCUT2D eigenvalue weighted by atomic mass is 9.97. The quantitative estimate of drug-likeness (QED) is 0.801. The summed E-state index contributed by atoms with van der Waals surface area (Å²) < 4.78 is 39.4. The number of carbonyl (C=O) groups is 1. The van der Waals surface area contributed by atoms with Crippen LogP contribution in [0.25, 0.3) is 0 Å². The zero-order chi connectivity index (χ0) is 19.4. The SMILES string of the molecule is CC(CC(=O)N1CCC(c2ccccc2F)S(=O)(=O)CC1)c1ccccc1. The minimum Gasteiger partial charge on any atom is -0.342 e. The Labute approximate surface area is 159 Å². The molecule has 4 nitrogen and oxygen atoms in total. The molecule has 1 aliphatic heterocycles. The van der Waals surface area contributed by atoms with Crippen molar-refractivity contribution in [2.75, 3.05) is 18.8 Å². The first-order valence-corrected chi connectivity index (χ1v) is 10.9. The van der Waals surface area contributed by atoms with Crippen LogP contribution in [-0.2, 0) is 14.6 Å². The first-order valence-electron chi connectivity index (χ1n) is 9.17. The molecule has 2 aromatic carbocycles. The topological polar surface area (TPSA) is 54.5 Å². The summed E-state index contributed by atoms with van der Waals surface area (Å²) >= 11 is 0. The normalized spacial score (nSPS) is 20.7. The number of hydrogen-bond donors (Lipinski definition) is 0. The number of nitrogens with zero attached hydrogens (tertiary/aromatic N) is 1. The first-order chi connectivity index (χ1) is 12.9. The molecule has 2 aromatic rings. The Balaban J connectivity index is 1.71. The maximum absolute atomic E-state index is 14.1. The van der Waals surface area contributed by atoms with E-state index in [1.165, 1.54) is 12.1 Å². The second-order valence-electron chi connectivity index (χ2n) is 7.06. The van der Waals surface area contributed by atoms with Gasteiger partial charge < -0.3 is 4.90 Å². The molecule has 0 spiro atoms. The van der Waals surface area contributed by atoms with Gasteiger partial charge in [0.15, 0.2) is 9.84 Å². The first kappa shape index (κ1) is 19.5. The predicted octanol–water partition coefficient (Wildman–Crippen LogP) is 3.71. The molecule has 144 valence electrons. The van der Waals surface area contributed by atoms with Crippen LogP contribution in [0.4, 0.5) is 4.39 Å². The molecular weight excluding hydrogens is 365 g/mol. The molecule has 2 atom stereocenters. The van der Waals surface area contributed by atoms with E-state index < -0.39 is 20.9 Å². The van der Waals surface area contributed by atoms with Crippen LogP contribution in [0.15, 0.2) is 54.6 Å². The Morgan fingerprint density at radius 3 is 2.48 bits per heavy atom. The Hall–Kier alpha value is -2.21. The highest BCUT2D eigenvalue weighted by molar-refractivity contribution is 7.91. The third kappa shape index (κ3) is 4.56. The largest absolute Gasteiger partial charge is 0.342 e. The van der Waals surface area contributed by atoms with Gasteiger partial charge in [-0.1, -0.05) is 55.5 Å². The van der Waals surface area contributed by atoms with Crippen molar-refractivity contribution in [1.29, 1.82) is 0 Å². The fraction of sp³-hybridized carbons (Fsp3) is 0.381. The van der Waals surface area contributed by atoms with Crippen LogP contribution >= 0.6 is 0 Å². The number of rotatable bonds is 4. The number of carbonyl (C=O) groups excluding carboxylic acids is 1. The summed E-state index contributed by atoms with van der Waals surface area (Å²) in [5.74, 6) is -0.655. The summed E-state index contributed by atoms with van der Waals surface area (Å²) in [4.78, 5) is 14.3. The summed E-state index contributed by atoms with van der Waals surface area (Å²) in [7, 11) is -3.52. The molecule has 1 heterocycles. The molecule has 1 saturated heterocycles. The number of benzene rings is 2. The number of sulfone groups is 1. The molecular formula is C21H24FNO3S. The van der Waals surface area contributed by atoms with Crippen molar-refractivity contribution in [3.05, 3.63) is 71.5 Å². The average Bonchev–Trinajstić information content (AvgIpc) is 2.81. The van der Waals surface area contributed by atoms with Crippen LogP contribution < -0.4 is 0 Å². The standard InChI is InChI=1S/C21H24FNO3S/c1-16(17-7-3-2-4-8-17)15-21(24)23-12-11-20(27(25,26)14-13-23)18-9-5-6-10-19(18)22/h2-10,16,20H,11-15H2,1H3. The maximum atomic E-state index is 14.1. The van der Waals surface area contributed by atoms with Gasteiger partial charge in [-0.3, -0.25) is 4.79 Å². The lowest BCUT2D eigenvalue weighted by molar-refractivity contribution is -0.131. The van der Waals surface area contributed by atoms with Gasteiger partial charge in [0.05, 0.1) is 11.0 Å². The van der Waals surface area contributed by atoms with Crippen molar-refractivity contribution in [1.82, 2.24) is 4.90 Å². The minimum atomic E-state index is -3.52. The van der Waals surface area contributed by atoms with E-state index in [2.05, 4.69) is 0 Å². The van der Waals surface area contributed by atoms with Crippen LogP contribution in [0.2, 0.25) is 0 Å². The van der Waals surface area contributed by atoms with Crippen LogP contribution in [0, 0.1) is 5.82 Å². The van der Waals surface area contributed by atoms with E-state index in [-0.39, 0.29) is 36.1 Å². The van der Waals surface area contributed by atoms with E-state index in [4.69, 9.17) is 0 Å². The Bertz CT molecular complexity index is 899. The molecule has 2 unspecified atom stereocenters. The van der Waals surface area contributed by atoms with Crippen molar-refractivity contribution in [2.24, 2.45) is 0 Å². The molecule has 0 aromatic heterocycles. The monoisotopic (exact) mass is 389 g/mol. The van der Waals surface area contributed by atoms with E-state index in [0.717, 1.165) is 5.56 Å². The van der Waals surface area contributed by atoms with Gasteiger partial charge in [-0.15, -0.1) is 0 Å². The average molecular weight is 389 g/mol. The van der Waals surface area contributed by atoms with E-state index in [0.29, 0.717) is 13.0 Å². The lowest BCUT2D eigenvalue weighted by Gasteiger charge is -2.22. The maximum Gasteiger partial charge on any atom is 0.223 e. The molecule has 0 aliphatic carbocycles. The highest BCUT2D eigenvalue weighted by Gasteiger charge is 2.34. The molecule has 0 radical (unpaired) electrons. The van der Waals surface area contributed by atoms with Gasteiger partial charge in [-0.05, 0) is 24.0 Å². The smallest absolute Gasteiger partial charge is 0.223 e. The Kier molecular flexibility index (Phi) is 5.95. The number of amides is 1.